The van der Waals surface area contributed by atoms with Crippen molar-refractivity contribution in [2.24, 2.45) is 5.41 Å². The molecule has 0 bridgehead atoms. The summed E-state index contributed by atoms with van der Waals surface area (Å²) < 4.78 is 27.6. The molecule has 1 saturated heterocycles. The number of sulfonamides is 1. The van der Waals surface area contributed by atoms with Crippen LogP contribution in [0, 0.1) is 19.3 Å². The highest BCUT2D eigenvalue weighted by atomic mass is 32.2. The molecule has 112 valence electrons. The lowest BCUT2D eigenvalue weighted by atomic mass is 9.81. The molecule has 0 aliphatic carbocycles. The van der Waals surface area contributed by atoms with Crippen LogP contribution in [0.4, 0.5) is 0 Å². The van der Waals surface area contributed by atoms with Gasteiger partial charge in [-0.1, -0.05) is 24.6 Å². The summed E-state index contributed by atoms with van der Waals surface area (Å²) in [6.45, 7) is 8.38. The standard InChI is InChI=1S/C15H24N2O2S/c1-12-4-5-14(13(2)10-12)20(18,19)17-11-15(3)6-8-16-9-7-15/h4-5,10,16-17H,6-9,11H2,1-3H3. The molecule has 0 radical (unpaired) electrons. The van der Waals surface area contributed by atoms with Gasteiger partial charge in [-0.25, -0.2) is 13.1 Å². The zero-order valence-corrected chi connectivity index (χ0v) is 13.3. The molecule has 0 aromatic heterocycles. The van der Waals surface area contributed by atoms with Gasteiger partial charge in [-0.15, -0.1) is 0 Å². The van der Waals surface area contributed by atoms with Crippen molar-refractivity contribution in [1.29, 1.82) is 0 Å². The van der Waals surface area contributed by atoms with E-state index in [1.54, 1.807) is 6.07 Å². The van der Waals surface area contributed by atoms with Crippen LogP contribution < -0.4 is 10.0 Å². The summed E-state index contributed by atoms with van der Waals surface area (Å²) in [5.41, 5.74) is 1.93. The van der Waals surface area contributed by atoms with Crippen molar-refractivity contribution < 1.29 is 8.42 Å². The Morgan fingerprint density at radius 2 is 1.90 bits per heavy atom. The molecule has 1 aliphatic heterocycles. The highest BCUT2D eigenvalue weighted by molar-refractivity contribution is 7.89. The summed E-state index contributed by atoms with van der Waals surface area (Å²) in [7, 11) is -3.42. The first-order chi connectivity index (χ1) is 9.32. The number of hydrogen-bond donors (Lipinski definition) is 2. The van der Waals surface area contributed by atoms with Crippen molar-refractivity contribution in [2.75, 3.05) is 19.6 Å². The van der Waals surface area contributed by atoms with Gasteiger partial charge in [0.15, 0.2) is 0 Å². The lowest BCUT2D eigenvalue weighted by Crippen LogP contribution is -2.42. The monoisotopic (exact) mass is 296 g/mol. The number of piperidine rings is 1. The molecule has 1 aromatic carbocycles. The van der Waals surface area contributed by atoms with Crippen LogP contribution in [-0.2, 0) is 10.0 Å². The predicted molar refractivity (Wildman–Crippen MR) is 81.3 cm³/mol. The topological polar surface area (TPSA) is 58.2 Å². The minimum absolute atomic E-state index is 0.0525. The number of hydrogen-bond acceptors (Lipinski definition) is 3. The SMILES string of the molecule is Cc1ccc(S(=O)(=O)NCC2(C)CCNCC2)c(C)c1. The third-order valence-corrected chi connectivity index (χ3v) is 5.68. The van der Waals surface area contributed by atoms with Gasteiger partial charge in [-0.3, -0.25) is 0 Å². The molecule has 0 amide bonds. The average molecular weight is 296 g/mol. The molecule has 2 rings (SSSR count). The Morgan fingerprint density at radius 3 is 2.50 bits per heavy atom. The predicted octanol–water partition coefficient (Wildman–Crippen LogP) is 1.97. The molecule has 0 unspecified atom stereocenters. The van der Waals surface area contributed by atoms with E-state index >= 15 is 0 Å². The van der Waals surface area contributed by atoms with E-state index in [1.807, 2.05) is 26.0 Å². The summed E-state index contributed by atoms with van der Waals surface area (Å²) in [5.74, 6) is 0. The molecule has 1 fully saturated rings. The maximum Gasteiger partial charge on any atom is 0.240 e. The van der Waals surface area contributed by atoms with Crippen LogP contribution in [0.15, 0.2) is 23.1 Å². The van der Waals surface area contributed by atoms with Crippen molar-refractivity contribution in [3.8, 4) is 0 Å². The Balaban J connectivity index is 2.11. The first-order valence-electron chi connectivity index (χ1n) is 7.10. The van der Waals surface area contributed by atoms with E-state index in [4.69, 9.17) is 0 Å². The minimum atomic E-state index is -3.42. The highest BCUT2D eigenvalue weighted by Gasteiger charge is 2.29. The van der Waals surface area contributed by atoms with Crippen LogP contribution >= 0.6 is 0 Å². The van der Waals surface area contributed by atoms with E-state index < -0.39 is 10.0 Å². The molecular formula is C15H24N2O2S. The summed E-state index contributed by atoms with van der Waals surface area (Å²) >= 11 is 0. The Bertz CT molecular complexity index is 576. The second-order valence-electron chi connectivity index (χ2n) is 6.15. The Hall–Kier alpha value is -0.910. The molecule has 4 nitrogen and oxygen atoms in total. The van der Waals surface area contributed by atoms with Gasteiger partial charge in [0.2, 0.25) is 10.0 Å². The van der Waals surface area contributed by atoms with Gasteiger partial charge >= 0.3 is 0 Å². The Morgan fingerprint density at radius 1 is 1.25 bits per heavy atom. The molecule has 0 atom stereocenters. The average Bonchev–Trinajstić information content (AvgIpc) is 2.37. The van der Waals surface area contributed by atoms with Gasteiger partial charge in [0.1, 0.15) is 0 Å². The first kappa shape index (κ1) is 15.5. The second-order valence-corrected chi connectivity index (χ2v) is 7.89. The number of rotatable bonds is 4. The first-order valence-corrected chi connectivity index (χ1v) is 8.58. The molecule has 5 heteroatoms. The van der Waals surface area contributed by atoms with Gasteiger partial charge in [0.25, 0.3) is 0 Å². The lowest BCUT2D eigenvalue weighted by Gasteiger charge is -2.34. The summed E-state index contributed by atoms with van der Waals surface area (Å²) in [6, 6.07) is 5.44. The highest BCUT2D eigenvalue weighted by Crippen LogP contribution is 2.27. The van der Waals surface area contributed by atoms with Crippen LogP contribution in [0.25, 0.3) is 0 Å². The largest absolute Gasteiger partial charge is 0.317 e. The molecular weight excluding hydrogens is 272 g/mol. The maximum atomic E-state index is 12.4. The molecule has 1 aliphatic rings. The van der Waals surface area contributed by atoms with Gasteiger partial charge in [0, 0.05) is 6.54 Å². The summed E-state index contributed by atoms with van der Waals surface area (Å²) in [5, 5.41) is 3.31. The fourth-order valence-electron chi connectivity index (χ4n) is 2.65. The smallest absolute Gasteiger partial charge is 0.240 e. The molecule has 2 N–H and O–H groups in total. The van der Waals surface area contributed by atoms with Crippen molar-refractivity contribution in [3.63, 3.8) is 0 Å². The van der Waals surface area contributed by atoms with Crippen LogP contribution in [-0.4, -0.2) is 28.1 Å². The number of nitrogens with one attached hydrogen (secondary N) is 2. The van der Waals surface area contributed by atoms with Crippen LogP contribution in [0.5, 0.6) is 0 Å². The van der Waals surface area contributed by atoms with Crippen molar-refractivity contribution in [3.05, 3.63) is 29.3 Å². The summed E-state index contributed by atoms with van der Waals surface area (Å²) in [6.07, 6.45) is 2.00. The van der Waals surface area contributed by atoms with Gasteiger partial charge in [-0.2, -0.15) is 0 Å². The molecule has 0 spiro atoms. The van der Waals surface area contributed by atoms with Crippen molar-refractivity contribution in [2.45, 2.75) is 38.5 Å². The van der Waals surface area contributed by atoms with E-state index in [2.05, 4.69) is 17.0 Å². The van der Waals surface area contributed by atoms with Crippen LogP contribution in [0.2, 0.25) is 0 Å². The van der Waals surface area contributed by atoms with E-state index in [1.165, 1.54) is 0 Å². The Labute approximate surface area is 122 Å². The van der Waals surface area contributed by atoms with E-state index in [0.717, 1.165) is 37.1 Å². The molecule has 1 aromatic rings. The van der Waals surface area contributed by atoms with Gasteiger partial charge in [-0.05, 0) is 56.8 Å². The second kappa shape index (κ2) is 5.84. The van der Waals surface area contributed by atoms with Crippen molar-refractivity contribution >= 4 is 10.0 Å². The zero-order valence-electron chi connectivity index (χ0n) is 12.5. The van der Waals surface area contributed by atoms with E-state index in [9.17, 15) is 8.42 Å². The third-order valence-electron chi connectivity index (χ3n) is 4.12. The summed E-state index contributed by atoms with van der Waals surface area (Å²) in [4.78, 5) is 0.389. The minimum Gasteiger partial charge on any atom is -0.317 e. The number of benzene rings is 1. The maximum absolute atomic E-state index is 12.4. The normalized spacial score (nSPS) is 18.9. The van der Waals surface area contributed by atoms with Crippen molar-refractivity contribution in [1.82, 2.24) is 10.0 Å². The van der Waals surface area contributed by atoms with Crippen LogP contribution in [0.1, 0.15) is 30.9 Å². The number of aryl methyl sites for hydroxylation is 2. The van der Waals surface area contributed by atoms with Gasteiger partial charge in [0.05, 0.1) is 4.90 Å². The van der Waals surface area contributed by atoms with E-state index in [-0.39, 0.29) is 5.41 Å². The molecule has 0 saturated carbocycles. The fraction of sp³-hybridized carbons (Fsp3) is 0.600. The fourth-order valence-corrected chi connectivity index (χ4v) is 4.08. The Kier molecular flexibility index (Phi) is 4.52. The molecule has 20 heavy (non-hydrogen) atoms. The van der Waals surface area contributed by atoms with Gasteiger partial charge < -0.3 is 5.32 Å². The molecule has 1 heterocycles. The van der Waals surface area contributed by atoms with E-state index in [0.29, 0.717) is 11.4 Å². The zero-order chi connectivity index (χ0) is 14.8. The van der Waals surface area contributed by atoms with Crippen LogP contribution in [0.3, 0.4) is 0 Å². The quantitative estimate of drug-likeness (QED) is 0.893. The third kappa shape index (κ3) is 3.59. The lowest BCUT2D eigenvalue weighted by molar-refractivity contribution is 0.232.